The molecule has 0 fully saturated rings. The van der Waals surface area contributed by atoms with Crippen LogP contribution in [0.1, 0.15) is 0 Å². The topological polar surface area (TPSA) is 130 Å². The van der Waals surface area contributed by atoms with Crippen molar-refractivity contribution in [2.45, 2.75) is 0 Å². The fourth-order valence-corrected chi connectivity index (χ4v) is 1.43. The standard InChI is InChI=1S/C9H12N6O/c10-7-1-5(15(12)4-9(11)16)2-8-6(7)3-13-14-8/h1-4,16H,10-12H2,(H,13,14)/b9-4+. The zero-order chi connectivity index (χ0) is 11.7. The number of hydrazine groups is 1. The predicted octanol–water partition coefficient (Wildman–Crippen LogP) is 0.141. The molecular weight excluding hydrogens is 208 g/mol. The zero-order valence-corrected chi connectivity index (χ0v) is 8.38. The molecule has 1 aromatic carbocycles. The van der Waals surface area contributed by atoms with Crippen molar-refractivity contribution in [3.8, 4) is 0 Å². The van der Waals surface area contributed by atoms with Crippen molar-refractivity contribution in [1.82, 2.24) is 10.2 Å². The van der Waals surface area contributed by atoms with Gasteiger partial charge in [0.15, 0.2) is 5.88 Å². The number of fused-ring (bicyclic) bond motifs is 1. The van der Waals surface area contributed by atoms with Crippen molar-refractivity contribution in [3.05, 3.63) is 30.4 Å². The van der Waals surface area contributed by atoms with Gasteiger partial charge in [0.2, 0.25) is 0 Å². The third kappa shape index (κ3) is 1.71. The summed E-state index contributed by atoms with van der Waals surface area (Å²) < 4.78 is 0. The van der Waals surface area contributed by atoms with Crippen LogP contribution in [0.15, 0.2) is 30.4 Å². The Morgan fingerprint density at radius 3 is 2.94 bits per heavy atom. The summed E-state index contributed by atoms with van der Waals surface area (Å²) in [4.78, 5) is 0. The Morgan fingerprint density at radius 1 is 1.50 bits per heavy atom. The van der Waals surface area contributed by atoms with Crippen molar-refractivity contribution in [2.75, 3.05) is 10.7 Å². The quantitative estimate of drug-likeness (QED) is 0.212. The van der Waals surface area contributed by atoms with E-state index in [4.69, 9.17) is 22.4 Å². The first kappa shape index (κ1) is 10.1. The highest BCUT2D eigenvalue weighted by atomic mass is 16.3. The molecule has 1 heterocycles. The van der Waals surface area contributed by atoms with Crippen molar-refractivity contribution in [2.24, 2.45) is 11.6 Å². The highest BCUT2D eigenvalue weighted by Crippen LogP contribution is 2.25. The second-order valence-corrected chi connectivity index (χ2v) is 3.33. The second kappa shape index (κ2) is 3.63. The van der Waals surface area contributed by atoms with Crippen molar-refractivity contribution >= 4 is 22.3 Å². The SMILES string of the molecule is N/C(O)=C\N(N)c1cc(N)c2cn[nH]c2c1. The Labute approximate surface area is 91.1 Å². The van der Waals surface area contributed by atoms with Gasteiger partial charge >= 0.3 is 0 Å². The van der Waals surface area contributed by atoms with Crippen LogP contribution in [0.2, 0.25) is 0 Å². The number of nitrogens with one attached hydrogen (secondary N) is 1. The summed E-state index contributed by atoms with van der Waals surface area (Å²) in [5, 5.41) is 17.5. The molecule has 0 spiro atoms. The summed E-state index contributed by atoms with van der Waals surface area (Å²) in [6.45, 7) is 0. The van der Waals surface area contributed by atoms with Crippen LogP contribution < -0.4 is 22.3 Å². The van der Waals surface area contributed by atoms with Gasteiger partial charge in [-0.15, -0.1) is 0 Å². The molecule has 0 aliphatic rings. The molecule has 8 N–H and O–H groups in total. The number of H-pyrrole nitrogens is 1. The van der Waals surface area contributed by atoms with Gasteiger partial charge in [-0.1, -0.05) is 0 Å². The molecule has 2 rings (SSSR count). The minimum Gasteiger partial charge on any atom is -0.494 e. The van der Waals surface area contributed by atoms with Gasteiger partial charge in [0, 0.05) is 11.1 Å². The first-order valence-electron chi connectivity index (χ1n) is 4.50. The maximum Gasteiger partial charge on any atom is 0.199 e. The number of nitrogens with zero attached hydrogens (tertiary/aromatic N) is 2. The smallest absolute Gasteiger partial charge is 0.199 e. The molecule has 84 valence electrons. The molecule has 0 aliphatic carbocycles. The van der Waals surface area contributed by atoms with Crippen LogP contribution >= 0.6 is 0 Å². The van der Waals surface area contributed by atoms with Gasteiger partial charge in [0.1, 0.15) is 0 Å². The lowest BCUT2D eigenvalue weighted by molar-refractivity contribution is 0.403. The van der Waals surface area contributed by atoms with Gasteiger partial charge < -0.3 is 16.6 Å². The number of aromatic amines is 1. The third-order valence-electron chi connectivity index (χ3n) is 2.14. The Morgan fingerprint density at radius 2 is 2.25 bits per heavy atom. The van der Waals surface area contributed by atoms with Crippen LogP contribution in [0.3, 0.4) is 0 Å². The summed E-state index contributed by atoms with van der Waals surface area (Å²) >= 11 is 0. The van der Waals surface area contributed by atoms with E-state index < -0.39 is 0 Å². The van der Waals surface area contributed by atoms with Crippen LogP contribution in [0.25, 0.3) is 10.9 Å². The lowest BCUT2D eigenvalue weighted by atomic mass is 10.2. The lowest BCUT2D eigenvalue weighted by Crippen LogP contribution is -2.26. The van der Waals surface area contributed by atoms with Gasteiger partial charge in [-0.05, 0) is 12.1 Å². The first-order valence-corrected chi connectivity index (χ1v) is 4.50. The van der Waals surface area contributed by atoms with Gasteiger partial charge in [-0.25, -0.2) is 5.84 Å². The number of nitrogens with two attached hydrogens (primary N) is 3. The Kier molecular flexibility index (Phi) is 2.29. The number of aliphatic hydroxyl groups is 1. The molecule has 0 radical (unpaired) electrons. The Bertz CT molecular complexity index is 542. The molecule has 7 nitrogen and oxygen atoms in total. The van der Waals surface area contributed by atoms with Gasteiger partial charge in [-0.2, -0.15) is 5.10 Å². The predicted molar refractivity (Wildman–Crippen MR) is 62.1 cm³/mol. The van der Waals surface area contributed by atoms with Crippen LogP contribution in [0.5, 0.6) is 0 Å². The molecule has 0 bridgehead atoms. The average molecular weight is 220 g/mol. The van der Waals surface area contributed by atoms with E-state index in [1.54, 1.807) is 18.3 Å². The molecule has 0 amide bonds. The summed E-state index contributed by atoms with van der Waals surface area (Å²) in [6.07, 6.45) is 2.81. The summed E-state index contributed by atoms with van der Waals surface area (Å²) in [5.41, 5.74) is 12.8. The first-order chi connectivity index (χ1) is 7.58. The van der Waals surface area contributed by atoms with Crippen LogP contribution in [-0.4, -0.2) is 15.3 Å². The number of anilines is 2. The van der Waals surface area contributed by atoms with E-state index in [0.29, 0.717) is 11.4 Å². The Hall–Kier alpha value is -2.41. The van der Waals surface area contributed by atoms with E-state index in [-0.39, 0.29) is 5.88 Å². The Balaban J connectivity index is 2.49. The normalized spacial score (nSPS) is 11.9. The van der Waals surface area contributed by atoms with Crippen LogP contribution in [0, 0.1) is 0 Å². The number of rotatable bonds is 2. The molecule has 2 aromatic rings. The zero-order valence-electron chi connectivity index (χ0n) is 8.38. The molecule has 0 atom stereocenters. The lowest BCUT2D eigenvalue weighted by Gasteiger charge is -2.14. The summed E-state index contributed by atoms with van der Waals surface area (Å²) in [6, 6.07) is 3.41. The maximum atomic E-state index is 8.89. The van der Waals surface area contributed by atoms with E-state index in [0.717, 1.165) is 10.9 Å². The number of aromatic nitrogens is 2. The van der Waals surface area contributed by atoms with Crippen molar-refractivity contribution < 1.29 is 5.11 Å². The number of aliphatic hydroxyl groups excluding tert-OH is 1. The second-order valence-electron chi connectivity index (χ2n) is 3.33. The number of hydrogen-bond donors (Lipinski definition) is 5. The minimum atomic E-state index is -0.384. The molecule has 16 heavy (non-hydrogen) atoms. The van der Waals surface area contributed by atoms with Crippen LogP contribution in [-0.2, 0) is 0 Å². The average Bonchev–Trinajstić information content (AvgIpc) is 2.64. The molecule has 0 saturated carbocycles. The van der Waals surface area contributed by atoms with Crippen molar-refractivity contribution in [1.29, 1.82) is 0 Å². The monoisotopic (exact) mass is 220 g/mol. The number of benzene rings is 1. The summed E-state index contributed by atoms with van der Waals surface area (Å²) in [5.74, 6) is 5.27. The molecule has 0 saturated heterocycles. The fourth-order valence-electron chi connectivity index (χ4n) is 1.43. The fraction of sp³-hybridized carbons (Fsp3) is 0. The van der Waals surface area contributed by atoms with E-state index >= 15 is 0 Å². The highest BCUT2D eigenvalue weighted by molar-refractivity contribution is 5.93. The molecular formula is C9H12N6O. The van der Waals surface area contributed by atoms with Crippen LogP contribution in [0.4, 0.5) is 11.4 Å². The number of hydrogen-bond acceptors (Lipinski definition) is 6. The molecule has 1 aromatic heterocycles. The van der Waals surface area contributed by atoms with E-state index in [1.165, 1.54) is 11.2 Å². The minimum absolute atomic E-state index is 0.384. The molecule has 7 heteroatoms. The third-order valence-corrected chi connectivity index (χ3v) is 2.14. The van der Waals surface area contributed by atoms with E-state index in [9.17, 15) is 0 Å². The van der Waals surface area contributed by atoms with E-state index in [2.05, 4.69) is 10.2 Å². The number of nitrogen functional groups attached to an aromatic ring is 1. The van der Waals surface area contributed by atoms with Gasteiger partial charge in [-0.3, -0.25) is 10.1 Å². The summed E-state index contributed by atoms with van der Waals surface area (Å²) in [7, 11) is 0. The molecule has 0 unspecified atom stereocenters. The van der Waals surface area contributed by atoms with Crippen molar-refractivity contribution in [3.63, 3.8) is 0 Å². The van der Waals surface area contributed by atoms with Gasteiger partial charge in [0.05, 0.1) is 23.6 Å². The van der Waals surface area contributed by atoms with E-state index in [1.807, 2.05) is 0 Å². The highest BCUT2D eigenvalue weighted by Gasteiger charge is 2.06. The maximum absolute atomic E-state index is 8.89. The largest absolute Gasteiger partial charge is 0.494 e. The van der Waals surface area contributed by atoms with Gasteiger partial charge in [0.25, 0.3) is 0 Å². The molecule has 0 aliphatic heterocycles.